The third-order valence-corrected chi connectivity index (χ3v) is 6.66. The van der Waals surface area contributed by atoms with E-state index < -0.39 is 0 Å². The number of nitrogens with zero attached hydrogens (tertiary/aromatic N) is 5. The second-order valence-electron chi connectivity index (χ2n) is 9.14. The minimum absolute atomic E-state index is 0.0306. The van der Waals surface area contributed by atoms with Gasteiger partial charge >= 0.3 is 0 Å². The smallest absolute Gasteiger partial charge is 0.225 e. The van der Waals surface area contributed by atoms with Gasteiger partial charge in [0.05, 0.1) is 37.2 Å². The Hall–Kier alpha value is -3.36. The first-order valence-corrected chi connectivity index (χ1v) is 12.6. The van der Waals surface area contributed by atoms with Gasteiger partial charge in [0, 0.05) is 54.3 Å². The molecule has 1 aliphatic heterocycles. The van der Waals surface area contributed by atoms with Crippen molar-refractivity contribution in [3.05, 3.63) is 76.5 Å². The molecular weight excluding hydrogens is 478 g/mol. The number of morpholine rings is 1. The van der Waals surface area contributed by atoms with Crippen LogP contribution in [0.15, 0.2) is 53.1 Å². The molecule has 0 unspecified atom stereocenters. The molecule has 0 spiro atoms. The Morgan fingerprint density at radius 1 is 1.11 bits per heavy atom. The molecular formula is C27H30ClN5O3. The molecule has 0 saturated carbocycles. The highest BCUT2D eigenvalue weighted by molar-refractivity contribution is 6.31. The maximum absolute atomic E-state index is 13.5. The van der Waals surface area contributed by atoms with Gasteiger partial charge in [0.2, 0.25) is 5.91 Å². The van der Waals surface area contributed by atoms with Crippen molar-refractivity contribution in [2.45, 2.75) is 39.9 Å². The summed E-state index contributed by atoms with van der Waals surface area (Å²) >= 11 is 6.26. The predicted octanol–water partition coefficient (Wildman–Crippen LogP) is 4.75. The minimum Gasteiger partial charge on any atom is -0.467 e. The number of anilines is 1. The van der Waals surface area contributed by atoms with Crippen LogP contribution < -0.4 is 4.90 Å². The number of pyridine rings is 1. The van der Waals surface area contributed by atoms with Gasteiger partial charge in [0.1, 0.15) is 11.6 Å². The summed E-state index contributed by atoms with van der Waals surface area (Å²) in [6, 6.07) is 13.6. The summed E-state index contributed by atoms with van der Waals surface area (Å²) in [7, 11) is 0. The molecule has 0 bridgehead atoms. The molecule has 4 heterocycles. The predicted molar refractivity (Wildman–Crippen MR) is 139 cm³/mol. The summed E-state index contributed by atoms with van der Waals surface area (Å²) in [5.41, 5.74) is 3.81. The van der Waals surface area contributed by atoms with Crippen LogP contribution in [0.3, 0.4) is 0 Å². The van der Waals surface area contributed by atoms with Crippen LogP contribution in [0.5, 0.6) is 0 Å². The first kappa shape index (κ1) is 24.3. The molecule has 1 saturated heterocycles. The lowest BCUT2D eigenvalue weighted by atomic mass is 10.1. The summed E-state index contributed by atoms with van der Waals surface area (Å²) in [6.45, 7) is 8.07. The minimum atomic E-state index is 0.0306. The van der Waals surface area contributed by atoms with Crippen molar-refractivity contribution < 1.29 is 13.9 Å². The lowest BCUT2D eigenvalue weighted by Gasteiger charge is -2.31. The van der Waals surface area contributed by atoms with E-state index in [0.717, 1.165) is 52.5 Å². The van der Waals surface area contributed by atoms with Crippen LogP contribution in [0.25, 0.3) is 10.9 Å². The standard InChI is InChI=1S/C27H30ClN5O3/c1-19-14-20(2)33(30-19)8-7-26(34)32(18-24-4-3-11-36-24)17-22-15-21-5-6-23(28)16-25(21)29-27(22)31-9-12-35-13-10-31/h3-6,11,14-16H,7-10,12-13,17-18H2,1-2H3. The van der Waals surface area contributed by atoms with Gasteiger partial charge in [-0.3, -0.25) is 9.48 Å². The number of benzene rings is 1. The molecule has 3 aromatic heterocycles. The average molecular weight is 508 g/mol. The van der Waals surface area contributed by atoms with E-state index in [-0.39, 0.29) is 5.91 Å². The zero-order valence-corrected chi connectivity index (χ0v) is 21.4. The molecule has 0 atom stereocenters. The fourth-order valence-electron chi connectivity index (χ4n) is 4.63. The van der Waals surface area contributed by atoms with Crippen molar-refractivity contribution in [2.24, 2.45) is 0 Å². The zero-order chi connectivity index (χ0) is 25.1. The summed E-state index contributed by atoms with van der Waals surface area (Å²) < 4.78 is 13.1. The fraction of sp³-hybridized carbons (Fsp3) is 0.370. The van der Waals surface area contributed by atoms with Crippen molar-refractivity contribution in [1.29, 1.82) is 0 Å². The molecule has 1 fully saturated rings. The molecule has 1 aromatic carbocycles. The highest BCUT2D eigenvalue weighted by Crippen LogP contribution is 2.28. The van der Waals surface area contributed by atoms with Gasteiger partial charge in [-0.15, -0.1) is 0 Å². The van der Waals surface area contributed by atoms with Crippen LogP contribution in [0, 0.1) is 13.8 Å². The first-order chi connectivity index (χ1) is 17.5. The molecule has 36 heavy (non-hydrogen) atoms. The number of furan rings is 1. The number of halogens is 1. The van der Waals surface area contributed by atoms with Crippen LogP contribution in [0.2, 0.25) is 5.02 Å². The number of hydrogen-bond acceptors (Lipinski definition) is 6. The normalized spacial score (nSPS) is 13.9. The Kier molecular flexibility index (Phi) is 7.25. The molecule has 0 N–H and O–H groups in total. The Morgan fingerprint density at radius 3 is 2.67 bits per heavy atom. The fourth-order valence-corrected chi connectivity index (χ4v) is 4.80. The lowest BCUT2D eigenvalue weighted by molar-refractivity contribution is -0.133. The number of aryl methyl sites for hydroxylation is 3. The Bertz CT molecular complexity index is 1350. The van der Waals surface area contributed by atoms with Crippen molar-refractivity contribution in [3.63, 3.8) is 0 Å². The van der Waals surface area contributed by atoms with Crippen LogP contribution in [0.4, 0.5) is 5.82 Å². The van der Waals surface area contributed by atoms with E-state index in [2.05, 4.69) is 16.1 Å². The van der Waals surface area contributed by atoms with E-state index in [1.165, 1.54) is 0 Å². The van der Waals surface area contributed by atoms with E-state index in [4.69, 9.17) is 25.7 Å². The topological polar surface area (TPSA) is 76.6 Å². The third kappa shape index (κ3) is 5.55. The van der Waals surface area contributed by atoms with Crippen molar-refractivity contribution in [1.82, 2.24) is 19.7 Å². The number of carbonyl (C=O) groups is 1. The van der Waals surface area contributed by atoms with Gasteiger partial charge in [-0.25, -0.2) is 4.98 Å². The summed E-state index contributed by atoms with van der Waals surface area (Å²) in [5, 5.41) is 6.14. The second kappa shape index (κ2) is 10.7. The molecule has 1 aliphatic rings. The number of aromatic nitrogens is 3. The third-order valence-electron chi connectivity index (χ3n) is 6.43. The van der Waals surface area contributed by atoms with Crippen LogP contribution in [0.1, 0.15) is 29.1 Å². The highest BCUT2D eigenvalue weighted by Gasteiger charge is 2.22. The SMILES string of the molecule is Cc1cc(C)n(CCC(=O)N(Cc2ccco2)Cc2cc3ccc(Cl)cc3nc2N2CCOCC2)n1. The van der Waals surface area contributed by atoms with Gasteiger partial charge in [-0.05, 0) is 50.2 Å². The van der Waals surface area contributed by atoms with E-state index in [0.29, 0.717) is 44.3 Å². The number of amides is 1. The van der Waals surface area contributed by atoms with E-state index >= 15 is 0 Å². The van der Waals surface area contributed by atoms with Crippen molar-refractivity contribution >= 4 is 34.2 Å². The Morgan fingerprint density at radius 2 is 1.94 bits per heavy atom. The zero-order valence-electron chi connectivity index (χ0n) is 20.6. The molecule has 4 aromatic rings. The van der Waals surface area contributed by atoms with Crippen molar-refractivity contribution in [3.8, 4) is 0 Å². The maximum Gasteiger partial charge on any atom is 0.225 e. The molecule has 0 aliphatic carbocycles. The van der Waals surface area contributed by atoms with Crippen molar-refractivity contribution in [2.75, 3.05) is 31.2 Å². The van der Waals surface area contributed by atoms with Gasteiger partial charge in [-0.1, -0.05) is 17.7 Å². The highest BCUT2D eigenvalue weighted by atomic mass is 35.5. The Balaban J connectivity index is 1.45. The van der Waals surface area contributed by atoms with Gasteiger partial charge in [-0.2, -0.15) is 5.10 Å². The summed E-state index contributed by atoms with van der Waals surface area (Å²) in [4.78, 5) is 22.6. The quantitative estimate of drug-likeness (QED) is 0.342. The number of carbonyl (C=O) groups excluding carboxylic acids is 1. The maximum atomic E-state index is 13.5. The van der Waals surface area contributed by atoms with E-state index in [1.54, 1.807) is 6.26 Å². The summed E-state index contributed by atoms with van der Waals surface area (Å²) in [5.74, 6) is 1.63. The van der Waals surface area contributed by atoms with Crippen LogP contribution in [-0.4, -0.2) is 51.9 Å². The monoisotopic (exact) mass is 507 g/mol. The largest absolute Gasteiger partial charge is 0.467 e. The van der Waals surface area contributed by atoms with E-state index in [1.807, 2.05) is 59.8 Å². The van der Waals surface area contributed by atoms with E-state index in [9.17, 15) is 4.79 Å². The second-order valence-corrected chi connectivity index (χ2v) is 9.57. The van der Waals surface area contributed by atoms with Crippen LogP contribution in [-0.2, 0) is 29.2 Å². The lowest BCUT2D eigenvalue weighted by Crippen LogP contribution is -2.38. The average Bonchev–Trinajstić information content (AvgIpc) is 3.50. The first-order valence-electron chi connectivity index (χ1n) is 12.2. The molecule has 5 rings (SSSR count). The molecule has 9 heteroatoms. The molecule has 188 valence electrons. The molecule has 8 nitrogen and oxygen atoms in total. The Labute approximate surface area is 215 Å². The van der Waals surface area contributed by atoms with Crippen LogP contribution >= 0.6 is 11.6 Å². The summed E-state index contributed by atoms with van der Waals surface area (Å²) in [6.07, 6.45) is 1.97. The van der Waals surface area contributed by atoms with Gasteiger partial charge in [0.15, 0.2) is 0 Å². The molecule has 0 radical (unpaired) electrons. The number of rotatable bonds is 8. The van der Waals surface area contributed by atoms with Gasteiger partial charge < -0.3 is 19.0 Å². The number of hydrogen-bond donors (Lipinski definition) is 0. The van der Waals surface area contributed by atoms with Gasteiger partial charge in [0.25, 0.3) is 0 Å². The number of ether oxygens (including phenoxy) is 1. The number of fused-ring (bicyclic) bond motifs is 1. The molecule has 1 amide bonds.